The second kappa shape index (κ2) is 8.78. The van der Waals surface area contributed by atoms with Crippen LogP contribution in [0.25, 0.3) is 16.5 Å². The fourth-order valence-electron chi connectivity index (χ4n) is 4.16. The first-order valence-electron chi connectivity index (χ1n) is 10.5. The molecule has 0 saturated heterocycles. The highest BCUT2D eigenvalue weighted by Crippen LogP contribution is 2.40. The second-order valence-corrected chi connectivity index (χ2v) is 8.95. The predicted molar refractivity (Wildman–Crippen MR) is 124 cm³/mol. The van der Waals surface area contributed by atoms with Gasteiger partial charge in [-0.25, -0.2) is 4.98 Å². The number of benzene rings is 1. The lowest BCUT2D eigenvalue weighted by Gasteiger charge is -2.13. The van der Waals surface area contributed by atoms with Gasteiger partial charge in [0.1, 0.15) is 17.3 Å². The molecule has 3 aromatic rings. The number of aryl methyl sites for hydroxylation is 3. The van der Waals surface area contributed by atoms with Gasteiger partial charge in [-0.3, -0.25) is 14.9 Å². The van der Waals surface area contributed by atoms with Gasteiger partial charge in [0.05, 0.1) is 25.7 Å². The lowest BCUT2D eigenvalue weighted by molar-refractivity contribution is -0.145. The predicted octanol–water partition coefficient (Wildman–Crippen LogP) is 5.15. The quantitative estimate of drug-likeness (QED) is 0.409. The number of hydrogen-bond acceptors (Lipinski definition) is 7. The maximum atomic E-state index is 12.7. The van der Waals surface area contributed by atoms with Gasteiger partial charge < -0.3 is 13.9 Å². The molecule has 8 heteroatoms. The Balaban J connectivity index is 1.57. The molecule has 32 heavy (non-hydrogen) atoms. The zero-order chi connectivity index (χ0) is 23.0. The Morgan fingerprint density at radius 1 is 1.38 bits per heavy atom. The van der Waals surface area contributed by atoms with Crippen LogP contribution in [0.15, 0.2) is 22.8 Å². The maximum Gasteiger partial charge on any atom is 0.315 e. The van der Waals surface area contributed by atoms with Gasteiger partial charge in [0.15, 0.2) is 5.13 Å². The molecule has 0 bridgehead atoms. The fraction of sp³-hybridized carbons (Fsp3) is 0.375. The number of fused-ring (bicyclic) bond motifs is 2. The summed E-state index contributed by atoms with van der Waals surface area (Å²) in [6.45, 7) is 7.93. The molecule has 0 aliphatic heterocycles. The number of anilines is 1. The molecule has 1 aliphatic rings. The Bertz CT molecular complexity index is 1240. The summed E-state index contributed by atoms with van der Waals surface area (Å²) in [5.74, 6) is -0.205. The van der Waals surface area contributed by atoms with E-state index < -0.39 is 0 Å². The molecular formula is C24H26N2O5S. The molecule has 1 N–H and O–H groups in total. The number of hydrogen-bond donors (Lipinski definition) is 1. The van der Waals surface area contributed by atoms with E-state index >= 15 is 0 Å². The number of ether oxygens (including phenoxy) is 2. The third-order valence-corrected chi connectivity index (χ3v) is 6.78. The standard InChI is InChI=1S/C24H26N2O5S/c1-6-30-23(28)15-7-8-18-20(15)26-24(32-18)25-19(27)9-12(2)16-10-17-13(3)11-31-22(17)14(4)21(16)29-5/h9-11,15H,6-8H2,1-5H3,(H,25,26,27)/b12-9+. The summed E-state index contributed by atoms with van der Waals surface area (Å²) < 4.78 is 16.4. The summed E-state index contributed by atoms with van der Waals surface area (Å²) in [6, 6.07) is 1.99. The summed E-state index contributed by atoms with van der Waals surface area (Å²) in [5.41, 5.74) is 5.02. The minimum absolute atomic E-state index is 0.252. The number of furan rings is 1. The number of amides is 1. The van der Waals surface area contributed by atoms with Gasteiger partial charge in [0, 0.05) is 27.5 Å². The lowest BCUT2D eigenvalue weighted by atomic mass is 9.98. The Hall–Kier alpha value is -3.13. The van der Waals surface area contributed by atoms with Crippen LogP contribution >= 0.6 is 11.3 Å². The molecule has 0 fully saturated rings. The van der Waals surface area contributed by atoms with Crippen LogP contribution in [-0.4, -0.2) is 30.6 Å². The van der Waals surface area contributed by atoms with Crippen molar-refractivity contribution in [2.75, 3.05) is 19.0 Å². The van der Waals surface area contributed by atoms with Gasteiger partial charge in [0.2, 0.25) is 5.91 Å². The number of carbonyl (C=O) groups excluding carboxylic acids is 2. The van der Waals surface area contributed by atoms with Gasteiger partial charge >= 0.3 is 5.97 Å². The van der Waals surface area contributed by atoms with Crippen LogP contribution in [0, 0.1) is 13.8 Å². The van der Waals surface area contributed by atoms with Crippen molar-refractivity contribution in [2.45, 2.75) is 46.5 Å². The van der Waals surface area contributed by atoms with Crippen LogP contribution in [0.5, 0.6) is 5.75 Å². The Morgan fingerprint density at radius 3 is 2.88 bits per heavy atom. The zero-order valence-corrected chi connectivity index (χ0v) is 19.6. The van der Waals surface area contributed by atoms with E-state index in [0.717, 1.165) is 50.2 Å². The van der Waals surface area contributed by atoms with Crippen LogP contribution in [-0.2, 0) is 20.7 Å². The third-order valence-electron chi connectivity index (χ3n) is 5.73. The largest absolute Gasteiger partial charge is 0.496 e. The summed E-state index contributed by atoms with van der Waals surface area (Å²) in [5, 5.41) is 4.32. The third kappa shape index (κ3) is 3.90. The van der Waals surface area contributed by atoms with Crippen LogP contribution in [0.2, 0.25) is 0 Å². The number of allylic oxidation sites excluding steroid dienone is 1. The smallest absolute Gasteiger partial charge is 0.315 e. The molecule has 4 rings (SSSR count). The molecule has 2 aromatic heterocycles. The van der Waals surface area contributed by atoms with E-state index in [1.807, 2.05) is 26.8 Å². The van der Waals surface area contributed by atoms with Crippen molar-refractivity contribution < 1.29 is 23.5 Å². The summed E-state index contributed by atoms with van der Waals surface area (Å²) >= 11 is 1.41. The normalized spacial score (nSPS) is 15.7. The molecule has 1 aliphatic carbocycles. The van der Waals surface area contributed by atoms with Crippen molar-refractivity contribution in [2.24, 2.45) is 0 Å². The van der Waals surface area contributed by atoms with E-state index in [1.54, 1.807) is 20.3 Å². The van der Waals surface area contributed by atoms with E-state index in [-0.39, 0.29) is 17.8 Å². The monoisotopic (exact) mass is 454 g/mol. The molecule has 2 heterocycles. The van der Waals surface area contributed by atoms with Crippen molar-refractivity contribution in [1.82, 2.24) is 4.98 Å². The number of rotatable bonds is 6. The highest BCUT2D eigenvalue weighted by Gasteiger charge is 2.33. The Labute approximate surface area is 190 Å². The molecule has 1 atom stereocenters. The van der Waals surface area contributed by atoms with Crippen LogP contribution in [0.1, 0.15) is 53.4 Å². The zero-order valence-electron chi connectivity index (χ0n) is 18.8. The van der Waals surface area contributed by atoms with Crippen molar-refractivity contribution in [3.8, 4) is 5.75 Å². The second-order valence-electron chi connectivity index (χ2n) is 7.87. The molecule has 7 nitrogen and oxygen atoms in total. The van der Waals surface area contributed by atoms with Crippen LogP contribution in [0.3, 0.4) is 0 Å². The molecule has 1 aromatic carbocycles. The first kappa shape index (κ1) is 22.1. The Morgan fingerprint density at radius 2 is 2.16 bits per heavy atom. The molecule has 168 valence electrons. The highest BCUT2D eigenvalue weighted by atomic mass is 32.1. The summed E-state index contributed by atoms with van der Waals surface area (Å²) in [6.07, 6.45) is 4.72. The molecule has 1 amide bonds. The van der Waals surface area contributed by atoms with Crippen molar-refractivity contribution in [3.05, 3.63) is 45.7 Å². The number of esters is 1. The number of nitrogens with zero attached hydrogens (tertiary/aromatic N) is 1. The highest BCUT2D eigenvalue weighted by molar-refractivity contribution is 7.16. The van der Waals surface area contributed by atoms with Crippen molar-refractivity contribution in [1.29, 1.82) is 0 Å². The van der Waals surface area contributed by atoms with E-state index in [2.05, 4.69) is 10.3 Å². The number of carbonyl (C=O) groups is 2. The summed E-state index contributed by atoms with van der Waals surface area (Å²) in [7, 11) is 1.61. The minimum atomic E-state index is -0.346. The maximum absolute atomic E-state index is 12.7. The molecular weight excluding hydrogens is 428 g/mol. The molecule has 0 saturated carbocycles. The molecule has 0 radical (unpaired) electrons. The first-order chi connectivity index (χ1) is 15.3. The van der Waals surface area contributed by atoms with Crippen LogP contribution < -0.4 is 10.1 Å². The average molecular weight is 455 g/mol. The van der Waals surface area contributed by atoms with Gasteiger partial charge in [-0.05, 0) is 57.7 Å². The van der Waals surface area contributed by atoms with Gasteiger partial charge in [-0.15, -0.1) is 11.3 Å². The summed E-state index contributed by atoms with van der Waals surface area (Å²) in [4.78, 5) is 30.4. The van der Waals surface area contributed by atoms with E-state index in [0.29, 0.717) is 23.9 Å². The number of aromatic nitrogens is 1. The van der Waals surface area contributed by atoms with Gasteiger partial charge in [-0.1, -0.05) is 0 Å². The van der Waals surface area contributed by atoms with Gasteiger partial charge in [-0.2, -0.15) is 0 Å². The van der Waals surface area contributed by atoms with Gasteiger partial charge in [0.25, 0.3) is 0 Å². The lowest BCUT2D eigenvalue weighted by Crippen LogP contribution is -2.14. The van der Waals surface area contributed by atoms with E-state index in [4.69, 9.17) is 13.9 Å². The minimum Gasteiger partial charge on any atom is -0.496 e. The van der Waals surface area contributed by atoms with Crippen molar-refractivity contribution in [3.63, 3.8) is 0 Å². The average Bonchev–Trinajstić information content (AvgIpc) is 3.42. The van der Waals surface area contributed by atoms with Crippen molar-refractivity contribution >= 4 is 44.9 Å². The number of methoxy groups -OCH3 is 1. The van der Waals surface area contributed by atoms with E-state index in [9.17, 15) is 9.59 Å². The fourth-order valence-corrected chi connectivity index (χ4v) is 5.20. The number of thiazole rings is 1. The number of nitrogens with one attached hydrogen (secondary N) is 1. The van der Waals surface area contributed by atoms with E-state index in [1.165, 1.54) is 17.4 Å². The molecule has 1 unspecified atom stereocenters. The topological polar surface area (TPSA) is 90.7 Å². The SMILES string of the molecule is CCOC(=O)C1CCc2sc(NC(=O)/C=C(\C)c3cc4c(C)coc4c(C)c3OC)nc21. The Kier molecular flexibility index (Phi) is 6.06. The first-order valence-corrected chi connectivity index (χ1v) is 11.4. The van der Waals surface area contributed by atoms with Crippen LogP contribution in [0.4, 0.5) is 5.13 Å². The molecule has 0 spiro atoms.